The zero-order chi connectivity index (χ0) is 23.8. The molecule has 33 heavy (non-hydrogen) atoms. The van der Waals surface area contributed by atoms with E-state index in [-0.39, 0.29) is 16.8 Å². The molecule has 1 aliphatic heterocycles. The van der Waals surface area contributed by atoms with Crippen molar-refractivity contribution in [2.24, 2.45) is 0 Å². The Balaban J connectivity index is 1.63. The Morgan fingerprint density at radius 1 is 1.06 bits per heavy atom. The van der Waals surface area contributed by atoms with Crippen molar-refractivity contribution in [3.8, 4) is 5.69 Å². The molecule has 1 saturated heterocycles. The average molecular weight is 469 g/mol. The predicted molar refractivity (Wildman–Crippen MR) is 125 cm³/mol. The second-order valence-corrected chi connectivity index (χ2v) is 10.4. The van der Waals surface area contributed by atoms with Gasteiger partial charge in [0.15, 0.2) is 5.82 Å². The number of nitrogens with zero attached hydrogens (tertiary/aromatic N) is 5. The summed E-state index contributed by atoms with van der Waals surface area (Å²) in [5.41, 5.74) is 3.28. The minimum absolute atomic E-state index is 0.0527. The van der Waals surface area contributed by atoms with Gasteiger partial charge in [0, 0.05) is 23.8 Å². The van der Waals surface area contributed by atoms with Gasteiger partial charge >= 0.3 is 0 Å². The van der Waals surface area contributed by atoms with Crippen molar-refractivity contribution in [1.82, 2.24) is 24.5 Å². The van der Waals surface area contributed by atoms with Gasteiger partial charge in [0.05, 0.1) is 10.6 Å². The second kappa shape index (κ2) is 9.03. The standard InChI is InChI=1S/C23H28N6O3S/c1-15-9-11-20(33(31,32)28-12-6-5-7-17(28)3)14-21(15)23(30)24-19-10-8-16(2)22(13-19)29-18(4)25-26-27-29/h8-11,13-14,17H,5-7,12H2,1-4H3,(H,24,30). The Hall–Kier alpha value is -3.11. The molecule has 174 valence electrons. The first-order chi connectivity index (χ1) is 15.7. The number of carbonyl (C=O) groups excluding carboxylic acids is 1. The van der Waals surface area contributed by atoms with Gasteiger partial charge in [-0.25, -0.2) is 8.42 Å². The molecule has 0 aliphatic carbocycles. The van der Waals surface area contributed by atoms with Crippen molar-refractivity contribution < 1.29 is 13.2 Å². The molecule has 1 N–H and O–H groups in total. The first-order valence-electron chi connectivity index (χ1n) is 11.0. The van der Waals surface area contributed by atoms with Gasteiger partial charge in [-0.15, -0.1) is 5.10 Å². The fraction of sp³-hybridized carbons (Fsp3) is 0.391. The van der Waals surface area contributed by atoms with Gasteiger partial charge in [-0.3, -0.25) is 4.79 Å². The lowest BCUT2D eigenvalue weighted by molar-refractivity contribution is 0.102. The maximum Gasteiger partial charge on any atom is 0.255 e. The van der Waals surface area contributed by atoms with Gasteiger partial charge in [-0.1, -0.05) is 18.6 Å². The number of amides is 1. The Labute approximate surface area is 193 Å². The van der Waals surface area contributed by atoms with Crippen molar-refractivity contribution >= 4 is 21.6 Å². The minimum atomic E-state index is -3.68. The van der Waals surface area contributed by atoms with E-state index in [0.717, 1.165) is 30.5 Å². The van der Waals surface area contributed by atoms with Crippen LogP contribution < -0.4 is 5.32 Å². The van der Waals surface area contributed by atoms with Gasteiger partial charge in [-0.2, -0.15) is 8.99 Å². The first kappa shape index (κ1) is 23.1. The number of sulfonamides is 1. The number of hydrogen-bond donors (Lipinski definition) is 1. The van der Waals surface area contributed by atoms with Crippen LogP contribution in [0.4, 0.5) is 5.69 Å². The van der Waals surface area contributed by atoms with E-state index in [2.05, 4.69) is 20.8 Å². The average Bonchev–Trinajstić information content (AvgIpc) is 3.21. The zero-order valence-corrected chi connectivity index (χ0v) is 20.1. The molecule has 3 aromatic rings. The van der Waals surface area contributed by atoms with E-state index in [1.807, 2.05) is 19.9 Å². The summed E-state index contributed by atoms with van der Waals surface area (Å²) in [7, 11) is -3.68. The van der Waals surface area contributed by atoms with E-state index in [9.17, 15) is 13.2 Å². The molecule has 1 fully saturated rings. The molecule has 0 bridgehead atoms. The van der Waals surface area contributed by atoms with Crippen molar-refractivity contribution in [1.29, 1.82) is 0 Å². The van der Waals surface area contributed by atoms with Gasteiger partial charge in [0.2, 0.25) is 10.0 Å². The minimum Gasteiger partial charge on any atom is -0.322 e. The summed E-state index contributed by atoms with van der Waals surface area (Å²) in [6.07, 6.45) is 2.71. The van der Waals surface area contributed by atoms with Crippen LogP contribution in [-0.4, -0.2) is 51.4 Å². The van der Waals surface area contributed by atoms with Crippen LogP contribution in [0.1, 0.15) is 53.5 Å². The topological polar surface area (TPSA) is 110 Å². The van der Waals surface area contributed by atoms with Gasteiger partial charge in [0.1, 0.15) is 0 Å². The molecule has 1 amide bonds. The molecule has 2 heterocycles. The maximum absolute atomic E-state index is 13.3. The lowest BCUT2D eigenvalue weighted by Crippen LogP contribution is -2.42. The van der Waals surface area contributed by atoms with E-state index in [1.165, 1.54) is 6.07 Å². The van der Waals surface area contributed by atoms with Crippen LogP contribution in [0.3, 0.4) is 0 Å². The molecule has 1 atom stereocenters. The number of tetrazole rings is 1. The van der Waals surface area contributed by atoms with E-state index in [0.29, 0.717) is 29.2 Å². The van der Waals surface area contributed by atoms with Gasteiger partial charge in [-0.05, 0) is 86.4 Å². The summed E-state index contributed by atoms with van der Waals surface area (Å²) in [6.45, 7) is 7.95. The molecular formula is C23H28N6O3S. The molecule has 2 aromatic carbocycles. The highest BCUT2D eigenvalue weighted by atomic mass is 32.2. The number of piperidine rings is 1. The highest BCUT2D eigenvalue weighted by Crippen LogP contribution is 2.27. The summed E-state index contributed by atoms with van der Waals surface area (Å²) in [5.74, 6) is 0.252. The SMILES string of the molecule is Cc1ccc(S(=O)(=O)N2CCCCC2C)cc1C(=O)Nc1ccc(C)c(-n2nnnc2C)c1. The molecule has 9 nitrogen and oxygen atoms in total. The van der Waals surface area contributed by atoms with Crippen LogP contribution in [0, 0.1) is 20.8 Å². The van der Waals surface area contributed by atoms with E-state index in [1.54, 1.807) is 47.1 Å². The predicted octanol–water partition coefficient (Wildman–Crippen LogP) is 3.40. The summed E-state index contributed by atoms with van der Waals surface area (Å²) in [6, 6.07) is 10.1. The third-order valence-electron chi connectivity index (χ3n) is 6.12. The Kier molecular flexibility index (Phi) is 6.31. The fourth-order valence-electron chi connectivity index (χ4n) is 4.14. The number of anilines is 1. The molecule has 0 radical (unpaired) electrons. The van der Waals surface area contributed by atoms with Crippen LogP contribution in [0.25, 0.3) is 5.69 Å². The van der Waals surface area contributed by atoms with Crippen LogP contribution in [0.15, 0.2) is 41.3 Å². The smallest absolute Gasteiger partial charge is 0.255 e. The quantitative estimate of drug-likeness (QED) is 0.615. The van der Waals surface area contributed by atoms with E-state index < -0.39 is 10.0 Å². The molecule has 1 unspecified atom stereocenters. The number of carbonyl (C=O) groups is 1. The van der Waals surface area contributed by atoms with Crippen molar-refractivity contribution in [3.63, 3.8) is 0 Å². The first-order valence-corrected chi connectivity index (χ1v) is 12.4. The molecular weight excluding hydrogens is 440 g/mol. The summed E-state index contributed by atoms with van der Waals surface area (Å²) < 4.78 is 29.7. The summed E-state index contributed by atoms with van der Waals surface area (Å²) in [4.78, 5) is 13.3. The Morgan fingerprint density at radius 2 is 1.82 bits per heavy atom. The largest absolute Gasteiger partial charge is 0.322 e. The van der Waals surface area contributed by atoms with E-state index in [4.69, 9.17) is 0 Å². The fourth-order valence-corrected chi connectivity index (χ4v) is 5.86. The third-order valence-corrected chi connectivity index (χ3v) is 8.13. The third kappa shape index (κ3) is 4.53. The normalized spacial score (nSPS) is 17.2. The Morgan fingerprint density at radius 3 is 2.52 bits per heavy atom. The lowest BCUT2D eigenvalue weighted by Gasteiger charge is -2.32. The number of rotatable bonds is 5. The van der Waals surface area contributed by atoms with Gasteiger partial charge < -0.3 is 5.32 Å². The number of hydrogen-bond acceptors (Lipinski definition) is 6. The Bertz CT molecular complexity index is 1300. The van der Waals surface area contributed by atoms with Crippen LogP contribution in [0.2, 0.25) is 0 Å². The van der Waals surface area contributed by atoms with E-state index >= 15 is 0 Å². The van der Waals surface area contributed by atoms with Crippen LogP contribution >= 0.6 is 0 Å². The van der Waals surface area contributed by atoms with Crippen molar-refractivity contribution in [2.45, 2.75) is 57.9 Å². The monoisotopic (exact) mass is 468 g/mol. The molecule has 1 aliphatic rings. The summed E-state index contributed by atoms with van der Waals surface area (Å²) in [5, 5.41) is 14.5. The summed E-state index contributed by atoms with van der Waals surface area (Å²) >= 11 is 0. The lowest BCUT2D eigenvalue weighted by atomic mass is 10.1. The molecule has 0 spiro atoms. The van der Waals surface area contributed by atoms with Crippen LogP contribution in [-0.2, 0) is 10.0 Å². The van der Waals surface area contributed by atoms with Gasteiger partial charge in [0.25, 0.3) is 5.91 Å². The van der Waals surface area contributed by atoms with Crippen LogP contribution in [0.5, 0.6) is 0 Å². The number of aryl methyl sites for hydroxylation is 3. The zero-order valence-electron chi connectivity index (χ0n) is 19.2. The highest BCUT2D eigenvalue weighted by Gasteiger charge is 2.31. The number of nitrogens with one attached hydrogen (secondary N) is 1. The molecule has 1 aromatic heterocycles. The molecule has 0 saturated carbocycles. The van der Waals surface area contributed by atoms with Crippen molar-refractivity contribution in [2.75, 3.05) is 11.9 Å². The second-order valence-electron chi connectivity index (χ2n) is 8.53. The molecule has 10 heteroatoms. The maximum atomic E-state index is 13.3. The number of aromatic nitrogens is 4. The molecule has 4 rings (SSSR count). The highest BCUT2D eigenvalue weighted by molar-refractivity contribution is 7.89. The number of benzene rings is 2. The van der Waals surface area contributed by atoms with Crippen molar-refractivity contribution in [3.05, 3.63) is 58.9 Å².